The lowest BCUT2D eigenvalue weighted by Gasteiger charge is -2.29. The Hall–Kier alpha value is -3.73. The lowest BCUT2D eigenvalue weighted by Crippen LogP contribution is -2.45. The minimum atomic E-state index is -0.703. The Morgan fingerprint density at radius 1 is 1.12 bits per heavy atom. The third-order valence-electron chi connectivity index (χ3n) is 6.33. The fraction of sp³-hybridized carbons (Fsp3) is 0.250. The molecule has 2 heterocycles. The Labute approximate surface area is 195 Å². The molecule has 1 unspecified atom stereocenters. The van der Waals surface area contributed by atoms with Gasteiger partial charge in [0.15, 0.2) is 0 Å². The number of nitrogens with one attached hydrogen (secondary N) is 1. The fourth-order valence-electron chi connectivity index (χ4n) is 4.62. The number of amides is 2. The average molecular weight is 440 g/mol. The zero-order valence-electron chi connectivity index (χ0n) is 19.0. The van der Waals surface area contributed by atoms with Gasteiger partial charge in [0.2, 0.25) is 5.91 Å². The number of nitrogens with zero attached hydrogens (tertiary/aromatic N) is 2. The van der Waals surface area contributed by atoms with E-state index in [0.29, 0.717) is 38.0 Å². The molecule has 0 aliphatic carbocycles. The van der Waals surface area contributed by atoms with E-state index in [9.17, 15) is 9.59 Å². The summed E-state index contributed by atoms with van der Waals surface area (Å²) in [6, 6.07) is 20.1. The molecule has 1 aliphatic heterocycles. The second-order valence-electron chi connectivity index (χ2n) is 8.70. The topological polar surface area (TPSA) is 62.3 Å². The number of hydrogen-bond acceptors (Lipinski definition) is 3. The third-order valence-corrected chi connectivity index (χ3v) is 6.33. The summed E-state index contributed by atoms with van der Waals surface area (Å²) in [4.78, 5) is 32.3. The van der Waals surface area contributed by atoms with Gasteiger partial charge in [0, 0.05) is 37.6 Å². The van der Waals surface area contributed by atoms with Crippen molar-refractivity contribution in [2.45, 2.75) is 19.8 Å². The number of hydrogen-bond donors (Lipinski definition) is 1. The molecule has 1 N–H and O–H groups in total. The van der Waals surface area contributed by atoms with Crippen LogP contribution in [0.3, 0.4) is 0 Å². The maximum atomic E-state index is 13.4. The monoisotopic (exact) mass is 439 g/mol. The largest absolute Gasteiger partial charge is 0.352 e. The van der Waals surface area contributed by atoms with E-state index in [0.717, 1.165) is 16.7 Å². The molecule has 2 aromatic carbocycles. The molecule has 33 heavy (non-hydrogen) atoms. The number of pyridine rings is 1. The van der Waals surface area contributed by atoms with Crippen LogP contribution in [0.4, 0.5) is 0 Å². The molecule has 4 rings (SSSR count). The summed E-state index contributed by atoms with van der Waals surface area (Å²) in [6.07, 6.45) is 6.08. The molecule has 1 atom stereocenters. The molecule has 5 heteroatoms. The molecule has 3 aromatic rings. The van der Waals surface area contributed by atoms with Gasteiger partial charge in [0.05, 0.1) is 5.41 Å². The van der Waals surface area contributed by atoms with Gasteiger partial charge >= 0.3 is 0 Å². The Morgan fingerprint density at radius 3 is 2.67 bits per heavy atom. The van der Waals surface area contributed by atoms with Crippen LogP contribution in [0, 0.1) is 12.3 Å². The molecular formula is C28H29N3O2. The van der Waals surface area contributed by atoms with E-state index >= 15 is 0 Å². The van der Waals surface area contributed by atoms with Crippen molar-refractivity contribution in [1.29, 1.82) is 0 Å². The first kappa shape index (κ1) is 22.5. The summed E-state index contributed by atoms with van der Waals surface area (Å²) < 4.78 is 0. The Kier molecular flexibility index (Phi) is 6.68. The van der Waals surface area contributed by atoms with Crippen LogP contribution in [0.25, 0.3) is 11.1 Å². The molecule has 2 amide bonds. The summed E-state index contributed by atoms with van der Waals surface area (Å²) in [5, 5.41) is 3.00. The van der Waals surface area contributed by atoms with Crippen molar-refractivity contribution in [3.8, 4) is 11.1 Å². The van der Waals surface area contributed by atoms with Gasteiger partial charge in [-0.1, -0.05) is 60.2 Å². The summed E-state index contributed by atoms with van der Waals surface area (Å²) in [5.41, 5.74) is 4.44. The van der Waals surface area contributed by atoms with Gasteiger partial charge in [0.25, 0.3) is 5.91 Å². The van der Waals surface area contributed by atoms with E-state index in [-0.39, 0.29) is 11.8 Å². The predicted molar refractivity (Wildman–Crippen MR) is 131 cm³/mol. The fourth-order valence-corrected chi connectivity index (χ4v) is 4.62. The van der Waals surface area contributed by atoms with Gasteiger partial charge in [0.1, 0.15) is 0 Å². The van der Waals surface area contributed by atoms with Gasteiger partial charge < -0.3 is 10.2 Å². The number of benzene rings is 2. The van der Waals surface area contributed by atoms with Gasteiger partial charge in [-0.25, -0.2) is 0 Å². The van der Waals surface area contributed by atoms with E-state index in [4.69, 9.17) is 0 Å². The normalized spacial score (nSPS) is 17.5. The van der Waals surface area contributed by atoms with Gasteiger partial charge in [-0.15, -0.1) is 6.58 Å². The maximum Gasteiger partial charge on any atom is 0.253 e. The summed E-state index contributed by atoms with van der Waals surface area (Å²) >= 11 is 0. The number of likely N-dealkylation sites (tertiary alicyclic amines) is 1. The molecule has 5 nitrogen and oxygen atoms in total. The first-order valence-corrected chi connectivity index (χ1v) is 11.3. The van der Waals surface area contributed by atoms with Crippen LogP contribution in [-0.4, -0.2) is 41.3 Å². The smallest absolute Gasteiger partial charge is 0.253 e. The highest BCUT2D eigenvalue weighted by Crippen LogP contribution is 2.38. The van der Waals surface area contributed by atoms with Crippen LogP contribution in [-0.2, 0) is 11.2 Å². The van der Waals surface area contributed by atoms with Crippen LogP contribution >= 0.6 is 0 Å². The van der Waals surface area contributed by atoms with Crippen LogP contribution < -0.4 is 5.32 Å². The molecule has 0 bridgehead atoms. The van der Waals surface area contributed by atoms with Crippen molar-refractivity contribution >= 4 is 11.8 Å². The highest BCUT2D eigenvalue weighted by molar-refractivity contribution is 5.95. The SMILES string of the molecule is C=CCNC(=O)C1(Cc2ccccc2-c2cccc(C)c2)CCN(C(=O)c2ccncc2)C1. The Bertz CT molecular complexity index is 1160. The zero-order valence-corrected chi connectivity index (χ0v) is 19.0. The minimum Gasteiger partial charge on any atom is -0.352 e. The minimum absolute atomic E-state index is 0.0357. The van der Waals surface area contributed by atoms with Gasteiger partial charge in [-0.05, 0) is 48.6 Å². The van der Waals surface area contributed by atoms with Gasteiger partial charge in [-0.3, -0.25) is 14.6 Å². The number of carbonyl (C=O) groups excluding carboxylic acids is 2. The lowest BCUT2D eigenvalue weighted by molar-refractivity contribution is -0.130. The van der Waals surface area contributed by atoms with Crippen LogP contribution in [0.2, 0.25) is 0 Å². The molecule has 0 saturated carbocycles. The molecular weight excluding hydrogens is 410 g/mol. The van der Waals surface area contributed by atoms with E-state index < -0.39 is 5.41 Å². The first-order valence-electron chi connectivity index (χ1n) is 11.3. The molecule has 1 aliphatic rings. The van der Waals surface area contributed by atoms with Crippen molar-refractivity contribution in [2.24, 2.45) is 5.41 Å². The number of rotatable bonds is 7. The molecule has 1 saturated heterocycles. The first-order chi connectivity index (χ1) is 16.0. The van der Waals surface area contributed by atoms with Crippen molar-refractivity contribution in [3.05, 3.63) is 102 Å². The Balaban J connectivity index is 1.66. The standard InChI is InChI=1S/C28H29N3O2/c1-3-14-30-27(33)28(13-17-31(20-28)26(32)22-11-15-29-16-12-22)19-24-8-4-5-10-25(24)23-9-6-7-21(2)18-23/h3-12,15-16,18H,1,13-14,17,19-20H2,2H3,(H,30,33). The average Bonchev–Trinajstić information content (AvgIpc) is 3.28. The molecule has 1 aromatic heterocycles. The van der Waals surface area contributed by atoms with E-state index in [2.05, 4.69) is 60.2 Å². The van der Waals surface area contributed by atoms with Crippen molar-refractivity contribution < 1.29 is 9.59 Å². The van der Waals surface area contributed by atoms with Crippen LogP contribution in [0.5, 0.6) is 0 Å². The maximum absolute atomic E-state index is 13.4. The summed E-state index contributed by atoms with van der Waals surface area (Å²) in [7, 11) is 0. The lowest BCUT2D eigenvalue weighted by atomic mass is 9.78. The number of aryl methyl sites for hydroxylation is 1. The number of aromatic nitrogens is 1. The Morgan fingerprint density at radius 2 is 1.91 bits per heavy atom. The van der Waals surface area contributed by atoms with Crippen molar-refractivity contribution in [1.82, 2.24) is 15.2 Å². The molecule has 1 fully saturated rings. The second-order valence-corrected chi connectivity index (χ2v) is 8.70. The van der Waals surface area contributed by atoms with E-state index in [1.165, 1.54) is 5.56 Å². The van der Waals surface area contributed by atoms with Gasteiger partial charge in [-0.2, -0.15) is 0 Å². The van der Waals surface area contributed by atoms with E-state index in [1.807, 2.05) is 12.1 Å². The van der Waals surface area contributed by atoms with E-state index in [1.54, 1.807) is 35.5 Å². The molecule has 168 valence electrons. The highest BCUT2D eigenvalue weighted by Gasteiger charge is 2.46. The molecule has 0 radical (unpaired) electrons. The summed E-state index contributed by atoms with van der Waals surface area (Å²) in [5.74, 6) is -0.103. The van der Waals surface area contributed by atoms with Crippen molar-refractivity contribution in [3.63, 3.8) is 0 Å². The molecule has 0 spiro atoms. The summed E-state index contributed by atoms with van der Waals surface area (Å²) in [6.45, 7) is 7.12. The quantitative estimate of drug-likeness (QED) is 0.554. The van der Waals surface area contributed by atoms with Crippen LogP contribution in [0.15, 0.2) is 85.7 Å². The third kappa shape index (κ3) is 4.87. The second kappa shape index (κ2) is 9.82. The van der Waals surface area contributed by atoms with Crippen molar-refractivity contribution in [2.75, 3.05) is 19.6 Å². The zero-order chi connectivity index (χ0) is 23.3. The predicted octanol–water partition coefficient (Wildman–Crippen LogP) is 4.43. The van der Waals surface area contributed by atoms with Crippen LogP contribution in [0.1, 0.15) is 27.9 Å². The number of carbonyl (C=O) groups is 2. The highest BCUT2D eigenvalue weighted by atomic mass is 16.2.